The second-order valence-electron chi connectivity index (χ2n) is 3.93. The van der Waals surface area contributed by atoms with Crippen LogP contribution >= 0.6 is 34.5 Å². The molecule has 0 saturated heterocycles. The number of nitriles is 1. The number of benzene rings is 1. The number of carbonyl (C=O) groups excluding carboxylic acids is 1. The summed E-state index contributed by atoms with van der Waals surface area (Å²) < 4.78 is 11.3. The van der Waals surface area contributed by atoms with Crippen LogP contribution in [0.25, 0.3) is 0 Å². The predicted octanol–water partition coefficient (Wildman–Crippen LogP) is 4.20. The molecule has 0 saturated carbocycles. The lowest BCUT2D eigenvalue weighted by molar-refractivity contribution is 0.0920. The molecule has 4 nitrogen and oxygen atoms in total. The van der Waals surface area contributed by atoms with Crippen molar-refractivity contribution >= 4 is 40.3 Å². The van der Waals surface area contributed by atoms with Gasteiger partial charge in [0.25, 0.3) is 0 Å². The highest BCUT2D eigenvalue weighted by molar-refractivity contribution is 7.20. The lowest BCUT2D eigenvalue weighted by atomic mass is 10.2. The van der Waals surface area contributed by atoms with Gasteiger partial charge in [0.1, 0.15) is 4.34 Å². The molecule has 0 N–H and O–H groups in total. The Hall–Kier alpha value is -1.74. The first kappa shape index (κ1) is 15.6. The quantitative estimate of drug-likeness (QED) is 0.764. The molecule has 2 aromatic rings. The summed E-state index contributed by atoms with van der Waals surface area (Å²) in [5.74, 6) is 0.480. The Morgan fingerprint density at radius 2 is 2.10 bits per heavy atom. The Labute approximate surface area is 135 Å². The van der Waals surface area contributed by atoms with E-state index in [1.807, 2.05) is 6.07 Å². The molecular formula is C14H9Cl2NO3S. The molecule has 2 rings (SSSR count). The minimum atomic E-state index is -0.283. The van der Waals surface area contributed by atoms with Crippen LogP contribution in [0.2, 0.25) is 8.67 Å². The average molecular weight is 342 g/mol. The van der Waals surface area contributed by atoms with Gasteiger partial charge in [0.05, 0.1) is 28.6 Å². The summed E-state index contributed by atoms with van der Waals surface area (Å²) in [5.41, 5.74) is 0.775. The monoisotopic (exact) mass is 341 g/mol. The number of nitrogens with zero attached hydrogens (tertiary/aromatic N) is 1. The van der Waals surface area contributed by atoms with E-state index >= 15 is 0 Å². The molecule has 1 heterocycles. The summed E-state index contributed by atoms with van der Waals surface area (Å²) >= 11 is 12.8. The second kappa shape index (κ2) is 6.81. The van der Waals surface area contributed by atoms with Gasteiger partial charge in [-0.25, -0.2) is 0 Å². The summed E-state index contributed by atoms with van der Waals surface area (Å²) in [6.07, 6.45) is 0. The highest BCUT2D eigenvalue weighted by Crippen LogP contribution is 2.32. The zero-order valence-electron chi connectivity index (χ0n) is 10.9. The Morgan fingerprint density at radius 1 is 1.33 bits per heavy atom. The molecule has 1 aromatic heterocycles. The molecule has 0 fully saturated rings. The second-order valence-corrected chi connectivity index (χ2v) is 6.21. The Balaban J connectivity index is 2.11. The fraction of sp³-hybridized carbons (Fsp3) is 0.143. The van der Waals surface area contributed by atoms with Crippen LogP contribution in [-0.4, -0.2) is 19.5 Å². The van der Waals surface area contributed by atoms with Crippen LogP contribution in [0.3, 0.4) is 0 Å². The maximum atomic E-state index is 12.0. The van der Waals surface area contributed by atoms with E-state index in [1.54, 1.807) is 12.1 Å². The number of thiophene rings is 1. The van der Waals surface area contributed by atoms with Crippen molar-refractivity contribution in [1.29, 1.82) is 5.26 Å². The number of hydrogen-bond donors (Lipinski definition) is 0. The Bertz CT molecular complexity index is 721. The van der Waals surface area contributed by atoms with Crippen molar-refractivity contribution in [2.75, 3.05) is 13.7 Å². The third-order valence-electron chi connectivity index (χ3n) is 2.61. The van der Waals surface area contributed by atoms with Crippen LogP contribution in [0.5, 0.6) is 11.5 Å². The summed E-state index contributed by atoms with van der Waals surface area (Å²) in [4.78, 5) is 12.0. The number of carbonyl (C=O) groups is 1. The van der Waals surface area contributed by atoms with Gasteiger partial charge < -0.3 is 9.47 Å². The number of hydrogen-bond acceptors (Lipinski definition) is 5. The molecule has 21 heavy (non-hydrogen) atoms. The normalized spacial score (nSPS) is 10.0. The van der Waals surface area contributed by atoms with Crippen molar-refractivity contribution in [2.24, 2.45) is 0 Å². The van der Waals surface area contributed by atoms with Gasteiger partial charge in [0, 0.05) is 6.07 Å². The molecule has 7 heteroatoms. The zero-order valence-corrected chi connectivity index (χ0v) is 13.2. The SMILES string of the molecule is COc1cc(C#N)ccc1OCC(=O)c1cc(Cl)sc1Cl. The average Bonchev–Trinajstić information content (AvgIpc) is 2.83. The van der Waals surface area contributed by atoms with Crippen molar-refractivity contribution in [3.8, 4) is 17.6 Å². The first-order chi connectivity index (χ1) is 10.0. The number of methoxy groups -OCH3 is 1. The molecule has 0 unspecified atom stereocenters. The van der Waals surface area contributed by atoms with Crippen molar-refractivity contribution in [3.05, 3.63) is 44.1 Å². The Morgan fingerprint density at radius 3 is 2.67 bits per heavy atom. The summed E-state index contributed by atoms with van der Waals surface area (Å²) in [6, 6.07) is 8.20. The minimum absolute atomic E-state index is 0.199. The van der Waals surface area contributed by atoms with Crippen LogP contribution < -0.4 is 9.47 Å². The van der Waals surface area contributed by atoms with Crippen LogP contribution in [0.4, 0.5) is 0 Å². The van der Waals surface area contributed by atoms with Crippen molar-refractivity contribution in [1.82, 2.24) is 0 Å². The van der Waals surface area contributed by atoms with Gasteiger partial charge in [-0.05, 0) is 18.2 Å². The first-order valence-corrected chi connectivity index (χ1v) is 7.31. The van der Waals surface area contributed by atoms with E-state index in [1.165, 1.54) is 19.2 Å². The molecule has 1 aromatic carbocycles. The first-order valence-electron chi connectivity index (χ1n) is 5.74. The van der Waals surface area contributed by atoms with Gasteiger partial charge in [-0.3, -0.25) is 4.79 Å². The number of rotatable bonds is 5. The van der Waals surface area contributed by atoms with E-state index in [9.17, 15) is 4.79 Å². The number of halogens is 2. The lowest BCUT2D eigenvalue weighted by Gasteiger charge is -2.10. The highest BCUT2D eigenvalue weighted by Gasteiger charge is 2.16. The molecule has 0 radical (unpaired) electrons. The lowest BCUT2D eigenvalue weighted by Crippen LogP contribution is -2.11. The smallest absolute Gasteiger partial charge is 0.202 e. The molecule has 0 amide bonds. The van der Waals surface area contributed by atoms with E-state index in [-0.39, 0.29) is 12.4 Å². The van der Waals surface area contributed by atoms with Gasteiger partial charge in [-0.15, -0.1) is 11.3 Å². The summed E-state index contributed by atoms with van der Waals surface area (Å²) in [6.45, 7) is -0.199. The number of Topliss-reactive ketones (excluding diaryl/α,β-unsaturated/α-hetero) is 1. The topological polar surface area (TPSA) is 59.3 Å². The van der Waals surface area contributed by atoms with Crippen molar-refractivity contribution in [3.63, 3.8) is 0 Å². The van der Waals surface area contributed by atoms with Crippen molar-refractivity contribution in [2.45, 2.75) is 0 Å². The van der Waals surface area contributed by atoms with Crippen LogP contribution in [0, 0.1) is 11.3 Å². The maximum Gasteiger partial charge on any atom is 0.202 e. The fourth-order valence-corrected chi connectivity index (χ4v) is 3.11. The van der Waals surface area contributed by atoms with Crippen molar-refractivity contribution < 1.29 is 14.3 Å². The van der Waals surface area contributed by atoms with Gasteiger partial charge in [-0.2, -0.15) is 5.26 Å². The predicted molar refractivity (Wildman–Crippen MR) is 81.9 cm³/mol. The minimum Gasteiger partial charge on any atom is -0.493 e. The largest absolute Gasteiger partial charge is 0.493 e. The van der Waals surface area contributed by atoms with E-state index in [4.69, 9.17) is 37.9 Å². The van der Waals surface area contributed by atoms with Gasteiger partial charge in [0.2, 0.25) is 5.78 Å². The molecular weight excluding hydrogens is 333 g/mol. The maximum absolute atomic E-state index is 12.0. The molecule has 0 aliphatic carbocycles. The highest BCUT2D eigenvalue weighted by atomic mass is 35.5. The standard InChI is InChI=1S/C14H9Cl2NO3S/c1-19-12-4-8(6-17)2-3-11(12)20-7-10(18)9-5-13(15)21-14(9)16/h2-5H,7H2,1H3. The number of ketones is 1. The molecule has 0 aliphatic rings. The van der Waals surface area contributed by atoms with E-state index in [0.717, 1.165) is 11.3 Å². The summed E-state index contributed by atoms with van der Waals surface area (Å²) in [7, 11) is 1.46. The molecule has 0 spiro atoms. The van der Waals surface area contributed by atoms with Gasteiger partial charge in [-0.1, -0.05) is 23.2 Å². The Kier molecular flexibility index (Phi) is 5.07. The molecule has 0 atom stereocenters. The molecule has 0 aliphatic heterocycles. The van der Waals surface area contributed by atoms with Gasteiger partial charge in [0.15, 0.2) is 18.1 Å². The summed E-state index contributed by atoms with van der Waals surface area (Å²) in [5, 5.41) is 8.82. The fourth-order valence-electron chi connectivity index (χ4n) is 1.61. The van der Waals surface area contributed by atoms with Crippen LogP contribution in [-0.2, 0) is 0 Å². The van der Waals surface area contributed by atoms with Gasteiger partial charge >= 0.3 is 0 Å². The van der Waals surface area contributed by atoms with E-state index in [2.05, 4.69) is 0 Å². The van der Waals surface area contributed by atoms with E-state index in [0.29, 0.717) is 31.3 Å². The zero-order chi connectivity index (χ0) is 15.4. The van der Waals surface area contributed by atoms with Crippen LogP contribution in [0.1, 0.15) is 15.9 Å². The van der Waals surface area contributed by atoms with Crippen LogP contribution in [0.15, 0.2) is 24.3 Å². The number of ether oxygens (including phenoxy) is 2. The third-order valence-corrected chi connectivity index (χ3v) is 4.10. The molecule has 0 bridgehead atoms. The van der Waals surface area contributed by atoms with E-state index < -0.39 is 0 Å². The third kappa shape index (κ3) is 3.67. The molecule has 108 valence electrons.